The molecule has 1 saturated carbocycles. The van der Waals surface area contributed by atoms with Crippen molar-refractivity contribution in [1.82, 2.24) is 9.97 Å². The molecule has 1 aliphatic carbocycles. The first-order valence-corrected chi connectivity index (χ1v) is 7.64. The van der Waals surface area contributed by atoms with Crippen molar-refractivity contribution in [3.05, 3.63) is 44.4 Å². The lowest BCUT2D eigenvalue weighted by molar-refractivity contribution is 0.436. The zero-order valence-electron chi connectivity index (χ0n) is 11.2. The number of aromatic hydroxyl groups is 1. The number of hydrogen-bond donors (Lipinski definition) is 2. The van der Waals surface area contributed by atoms with Crippen LogP contribution in [0.25, 0.3) is 11.4 Å². The highest BCUT2D eigenvalue weighted by atomic mass is 79.9. The lowest BCUT2D eigenvalue weighted by atomic mass is 10.00. The number of H-pyrrole nitrogens is 1. The number of aromatic amines is 1. The normalized spacial score (nSPS) is 15.5. The summed E-state index contributed by atoms with van der Waals surface area (Å²) in [6, 6.07) is 4.10. The van der Waals surface area contributed by atoms with Gasteiger partial charge in [-0.2, -0.15) is 4.98 Å². The number of hydrogen-bond acceptors (Lipinski definition) is 3. The van der Waals surface area contributed by atoms with Gasteiger partial charge in [0.15, 0.2) is 0 Å². The molecule has 3 rings (SSSR count). The average molecular weight is 353 g/mol. The topological polar surface area (TPSA) is 66.0 Å². The molecular weight excluding hydrogens is 339 g/mol. The van der Waals surface area contributed by atoms with Crippen LogP contribution in [0.15, 0.2) is 27.5 Å². The smallest absolute Gasteiger partial charge is 0.258 e. The summed E-state index contributed by atoms with van der Waals surface area (Å²) >= 11 is 3.29. The molecule has 0 atom stereocenters. The van der Waals surface area contributed by atoms with E-state index in [0.29, 0.717) is 15.6 Å². The molecule has 0 aliphatic heterocycles. The highest BCUT2D eigenvalue weighted by molar-refractivity contribution is 9.10. The van der Waals surface area contributed by atoms with Gasteiger partial charge in [0.25, 0.3) is 5.56 Å². The van der Waals surface area contributed by atoms with Gasteiger partial charge in [-0.05, 0) is 37.0 Å². The quantitative estimate of drug-likeness (QED) is 0.865. The molecule has 0 unspecified atom stereocenters. The standard InChI is InChI=1S/C15H14BrFN2O2/c16-11-6-5-9(17)7-10(11)13-18-14(20)12(15(21)19-13)8-3-1-2-4-8/h5-8H,1-4H2,(H2,18,19,20,21). The maximum Gasteiger partial charge on any atom is 0.258 e. The highest BCUT2D eigenvalue weighted by Gasteiger charge is 2.25. The number of halogens is 2. The molecule has 0 amide bonds. The van der Waals surface area contributed by atoms with E-state index >= 15 is 0 Å². The van der Waals surface area contributed by atoms with E-state index in [1.807, 2.05) is 0 Å². The van der Waals surface area contributed by atoms with Crippen LogP contribution < -0.4 is 5.56 Å². The summed E-state index contributed by atoms with van der Waals surface area (Å²) in [7, 11) is 0. The van der Waals surface area contributed by atoms with Crippen LogP contribution in [0.1, 0.15) is 37.2 Å². The molecule has 4 nitrogen and oxygen atoms in total. The summed E-state index contributed by atoms with van der Waals surface area (Å²) in [6.07, 6.45) is 3.89. The van der Waals surface area contributed by atoms with E-state index in [1.165, 1.54) is 18.2 Å². The Kier molecular flexibility index (Phi) is 3.80. The van der Waals surface area contributed by atoms with E-state index in [-0.39, 0.29) is 23.2 Å². The highest BCUT2D eigenvalue weighted by Crippen LogP contribution is 2.36. The van der Waals surface area contributed by atoms with Crippen molar-refractivity contribution < 1.29 is 9.50 Å². The molecule has 0 radical (unpaired) electrons. The fourth-order valence-electron chi connectivity index (χ4n) is 2.86. The minimum absolute atomic E-state index is 0.0613. The number of benzene rings is 1. The van der Waals surface area contributed by atoms with E-state index in [1.54, 1.807) is 0 Å². The Labute approximate surface area is 129 Å². The zero-order chi connectivity index (χ0) is 15.0. The maximum atomic E-state index is 13.4. The fraction of sp³-hybridized carbons (Fsp3) is 0.333. The number of rotatable bonds is 2. The predicted molar refractivity (Wildman–Crippen MR) is 80.8 cm³/mol. The van der Waals surface area contributed by atoms with Gasteiger partial charge in [0.05, 0.1) is 5.56 Å². The fourth-order valence-corrected chi connectivity index (χ4v) is 3.29. The molecular formula is C15H14BrFN2O2. The molecule has 0 spiro atoms. The SMILES string of the molecule is O=c1[nH]c(-c2cc(F)ccc2Br)nc(O)c1C1CCCC1. The second kappa shape index (κ2) is 5.60. The van der Waals surface area contributed by atoms with Crippen LogP contribution in [0.3, 0.4) is 0 Å². The average Bonchev–Trinajstić information content (AvgIpc) is 2.94. The number of nitrogens with one attached hydrogen (secondary N) is 1. The summed E-state index contributed by atoms with van der Waals surface area (Å²) in [5.41, 5.74) is 0.407. The molecule has 21 heavy (non-hydrogen) atoms. The van der Waals surface area contributed by atoms with Gasteiger partial charge in [0.2, 0.25) is 5.88 Å². The van der Waals surface area contributed by atoms with Gasteiger partial charge < -0.3 is 10.1 Å². The molecule has 6 heteroatoms. The molecule has 1 heterocycles. The van der Waals surface area contributed by atoms with E-state index in [2.05, 4.69) is 25.9 Å². The Morgan fingerprint density at radius 2 is 2.05 bits per heavy atom. The van der Waals surface area contributed by atoms with Crippen LogP contribution in [0.2, 0.25) is 0 Å². The number of nitrogens with zero attached hydrogens (tertiary/aromatic N) is 1. The summed E-state index contributed by atoms with van der Waals surface area (Å²) in [5, 5.41) is 10.1. The summed E-state index contributed by atoms with van der Waals surface area (Å²) in [6.45, 7) is 0. The summed E-state index contributed by atoms with van der Waals surface area (Å²) < 4.78 is 14.0. The maximum absolute atomic E-state index is 13.4. The van der Waals surface area contributed by atoms with Gasteiger partial charge in [-0.3, -0.25) is 4.79 Å². The lowest BCUT2D eigenvalue weighted by Crippen LogP contribution is -2.17. The van der Waals surface area contributed by atoms with Crippen molar-refractivity contribution in [1.29, 1.82) is 0 Å². The van der Waals surface area contributed by atoms with Crippen molar-refractivity contribution in [3.8, 4) is 17.3 Å². The van der Waals surface area contributed by atoms with Crippen molar-refractivity contribution in [3.63, 3.8) is 0 Å². The van der Waals surface area contributed by atoms with Crippen LogP contribution in [0.4, 0.5) is 4.39 Å². The van der Waals surface area contributed by atoms with E-state index < -0.39 is 5.82 Å². The Bertz CT molecular complexity index is 739. The Morgan fingerprint density at radius 1 is 1.33 bits per heavy atom. The van der Waals surface area contributed by atoms with Crippen molar-refractivity contribution >= 4 is 15.9 Å². The van der Waals surface area contributed by atoms with Gasteiger partial charge in [0, 0.05) is 10.0 Å². The Balaban J connectivity index is 2.10. The molecule has 110 valence electrons. The minimum Gasteiger partial charge on any atom is -0.493 e. The van der Waals surface area contributed by atoms with Crippen molar-refractivity contribution in [2.24, 2.45) is 0 Å². The van der Waals surface area contributed by atoms with Crippen LogP contribution >= 0.6 is 15.9 Å². The second-order valence-corrected chi connectivity index (χ2v) is 6.11. The monoisotopic (exact) mass is 352 g/mol. The van der Waals surface area contributed by atoms with E-state index in [0.717, 1.165) is 25.7 Å². The molecule has 0 bridgehead atoms. The summed E-state index contributed by atoms with van der Waals surface area (Å²) in [5.74, 6) is -0.469. The molecule has 1 aromatic heterocycles. The van der Waals surface area contributed by atoms with E-state index in [9.17, 15) is 14.3 Å². The van der Waals surface area contributed by atoms with Crippen LogP contribution in [0, 0.1) is 5.82 Å². The molecule has 1 fully saturated rings. The first kappa shape index (κ1) is 14.3. The van der Waals surface area contributed by atoms with Gasteiger partial charge in [-0.1, -0.05) is 28.8 Å². The molecule has 2 aromatic rings. The largest absolute Gasteiger partial charge is 0.493 e. The first-order valence-electron chi connectivity index (χ1n) is 6.85. The van der Waals surface area contributed by atoms with Gasteiger partial charge in [-0.25, -0.2) is 4.39 Å². The van der Waals surface area contributed by atoms with Crippen LogP contribution in [-0.2, 0) is 0 Å². The predicted octanol–water partition coefficient (Wildman–Crippen LogP) is 3.70. The third kappa shape index (κ3) is 2.72. The molecule has 2 N–H and O–H groups in total. The molecule has 1 aromatic carbocycles. The second-order valence-electron chi connectivity index (χ2n) is 5.26. The molecule has 1 aliphatic rings. The van der Waals surface area contributed by atoms with Gasteiger partial charge in [-0.15, -0.1) is 0 Å². The van der Waals surface area contributed by atoms with Gasteiger partial charge >= 0.3 is 0 Å². The van der Waals surface area contributed by atoms with E-state index in [4.69, 9.17) is 0 Å². The van der Waals surface area contributed by atoms with Crippen LogP contribution in [-0.4, -0.2) is 15.1 Å². The van der Waals surface area contributed by atoms with Crippen molar-refractivity contribution in [2.45, 2.75) is 31.6 Å². The Hall–Kier alpha value is -1.69. The first-order chi connectivity index (χ1) is 10.1. The number of aromatic nitrogens is 2. The third-order valence-corrected chi connectivity index (χ3v) is 4.57. The zero-order valence-corrected chi connectivity index (χ0v) is 12.8. The Morgan fingerprint density at radius 3 is 2.71 bits per heavy atom. The van der Waals surface area contributed by atoms with Gasteiger partial charge in [0.1, 0.15) is 11.6 Å². The minimum atomic E-state index is -0.435. The lowest BCUT2D eigenvalue weighted by Gasteiger charge is -2.11. The molecule has 0 saturated heterocycles. The summed E-state index contributed by atoms with van der Waals surface area (Å²) in [4.78, 5) is 19.0. The van der Waals surface area contributed by atoms with Crippen molar-refractivity contribution in [2.75, 3.05) is 0 Å². The van der Waals surface area contributed by atoms with Crippen LogP contribution in [0.5, 0.6) is 5.88 Å². The third-order valence-electron chi connectivity index (χ3n) is 3.88.